The molecule has 5 nitrogen and oxygen atoms in total. The van der Waals surface area contributed by atoms with Crippen LogP contribution in [0.15, 0.2) is 140 Å². The number of nitrogens with zero attached hydrogens (tertiary/aromatic N) is 5. The molecule has 0 saturated heterocycles. The minimum absolute atomic E-state index is 0.623. The molecule has 0 amide bonds. The number of nitriles is 1. The van der Waals surface area contributed by atoms with Crippen LogP contribution in [0.5, 0.6) is 0 Å². The first-order chi connectivity index (χ1) is 21.3. The first-order valence-electron chi connectivity index (χ1n) is 14.3. The molecule has 0 spiro atoms. The van der Waals surface area contributed by atoms with Crippen molar-refractivity contribution in [3.63, 3.8) is 0 Å². The van der Waals surface area contributed by atoms with E-state index >= 15 is 0 Å². The van der Waals surface area contributed by atoms with Crippen LogP contribution < -0.4 is 0 Å². The van der Waals surface area contributed by atoms with Crippen LogP contribution in [0.25, 0.3) is 72.2 Å². The monoisotopic (exact) mass is 549 g/mol. The third-order valence-corrected chi connectivity index (χ3v) is 8.50. The summed E-state index contributed by atoms with van der Waals surface area (Å²) in [5.74, 6) is 0.841. The first-order valence-corrected chi connectivity index (χ1v) is 14.3. The molecule has 5 heteroatoms. The molecular weight excluding hydrogens is 526 g/mol. The molecule has 9 aromatic rings. The number of imidazole rings is 2. The average molecular weight is 550 g/mol. The van der Waals surface area contributed by atoms with Crippen LogP contribution in [-0.2, 0) is 0 Å². The van der Waals surface area contributed by atoms with E-state index in [2.05, 4.69) is 123 Å². The van der Waals surface area contributed by atoms with E-state index in [1.807, 2.05) is 36.4 Å². The van der Waals surface area contributed by atoms with Crippen LogP contribution in [0.1, 0.15) is 5.56 Å². The highest BCUT2D eigenvalue weighted by Crippen LogP contribution is 2.38. The third kappa shape index (κ3) is 3.29. The fraction of sp³-hybridized carbons (Fsp3) is 0. The Bertz CT molecular complexity index is 2530. The molecule has 0 aliphatic rings. The highest BCUT2D eigenvalue weighted by molar-refractivity contribution is 6.09. The van der Waals surface area contributed by atoms with Gasteiger partial charge in [0, 0.05) is 27.6 Å². The molecule has 3 aromatic heterocycles. The summed E-state index contributed by atoms with van der Waals surface area (Å²) in [5, 5.41) is 12.7. The van der Waals surface area contributed by atoms with E-state index < -0.39 is 0 Å². The van der Waals surface area contributed by atoms with Gasteiger partial charge in [0.1, 0.15) is 0 Å². The van der Waals surface area contributed by atoms with Crippen molar-refractivity contribution in [2.75, 3.05) is 0 Å². The average Bonchev–Trinajstić information content (AvgIpc) is 3.71. The first kappa shape index (κ1) is 23.6. The number of fused-ring (bicyclic) bond motifs is 8. The van der Waals surface area contributed by atoms with Crippen molar-refractivity contribution in [2.45, 2.75) is 0 Å². The molecule has 0 aliphatic heterocycles. The molecule has 0 saturated carbocycles. The van der Waals surface area contributed by atoms with Crippen molar-refractivity contribution in [1.82, 2.24) is 18.5 Å². The largest absolute Gasteiger partial charge is 0.309 e. The molecule has 0 atom stereocenters. The summed E-state index contributed by atoms with van der Waals surface area (Å²) in [6.07, 6.45) is 0. The standard InChI is InChI=1S/C38H23N5/c39-24-25-21-22-26(41-36-19-9-10-20-37(36)43-35-18-8-4-14-31(35)40-38(41)43)23-30(25)29-13-3-7-17-34(29)42-32-15-5-1-11-27(32)28-12-2-6-16-33(28)42/h1-23H. The lowest BCUT2D eigenvalue weighted by Gasteiger charge is -2.16. The molecule has 0 radical (unpaired) electrons. The maximum absolute atomic E-state index is 10.3. The SMILES string of the molecule is N#Cc1ccc(-n2c3ccccc3n3c4ccccc4nc23)cc1-c1ccccc1-n1c2ccccc2c2ccccc21. The van der Waals surface area contributed by atoms with Crippen molar-refractivity contribution in [3.05, 3.63) is 145 Å². The van der Waals surface area contributed by atoms with Gasteiger partial charge in [-0.05, 0) is 60.7 Å². The second kappa shape index (κ2) is 8.94. The molecule has 0 bridgehead atoms. The predicted octanol–water partition coefficient (Wildman–Crippen LogP) is 9.07. The summed E-state index contributed by atoms with van der Waals surface area (Å²) < 4.78 is 6.73. The number of aromatic nitrogens is 4. The Morgan fingerprint density at radius 3 is 1.86 bits per heavy atom. The van der Waals surface area contributed by atoms with Gasteiger partial charge in [-0.25, -0.2) is 4.98 Å². The molecule has 0 unspecified atom stereocenters. The molecule has 0 N–H and O–H groups in total. The van der Waals surface area contributed by atoms with E-state index in [1.54, 1.807) is 0 Å². The lowest BCUT2D eigenvalue weighted by atomic mass is 9.97. The zero-order chi connectivity index (χ0) is 28.5. The van der Waals surface area contributed by atoms with Crippen LogP contribution in [0, 0.1) is 11.3 Å². The van der Waals surface area contributed by atoms with Gasteiger partial charge in [0.15, 0.2) is 0 Å². The minimum atomic E-state index is 0.623. The molecule has 200 valence electrons. The lowest BCUT2D eigenvalue weighted by molar-refractivity contribution is 1.11. The number of para-hydroxylation sites is 7. The Morgan fingerprint density at radius 1 is 0.512 bits per heavy atom. The molecule has 9 rings (SSSR count). The number of rotatable bonds is 3. The molecule has 3 heterocycles. The Morgan fingerprint density at radius 2 is 1.12 bits per heavy atom. The van der Waals surface area contributed by atoms with Gasteiger partial charge < -0.3 is 4.57 Å². The summed E-state index contributed by atoms with van der Waals surface area (Å²) in [6, 6.07) is 50.6. The van der Waals surface area contributed by atoms with Crippen LogP contribution in [0.2, 0.25) is 0 Å². The van der Waals surface area contributed by atoms with Gasteiger partial charge in [0.2, 0.25) is 5.78 Å². The molecule has 0 aliphatic carbocycles. The van der Waals surface area contributed by atoms with Crippen molar-refractivity contribution >= 4 is 49.7 Å². The van der Waals surface area contributed by atoms with Crippen molar-refractivity contribution in [1.29, 1.82) is 5.26 Å². The Hall–Kier alpha value is -6.12. The van der Waals surface area contributed by atoms with Crippen LogP contribution >= 0.6 is 0 Å². The Balaban J connectivity index is 1.35. The maximum atomic E-state index is 10.3. The van der Waals surface area contributed by atoms with Gasteiger partial charge in [0.25, 0.3) is 0 Å². The zero-order valence-corrected chi connectivity index (χ0v) is 23.0. The number of hydrogen-bond donors (Lipinski definition) is 0. The number of hydrogen-bond acceptors (Lipinski definition) is 2. The van der Waals surface area contributed by atoms with Gasteiger partial charge in [-0.3, -0.25) is 8.97 Å². The van der Waals surface area contributed by atoms with Gasteiger partial charge in [-0.2, -0.15) is 5.26 Å². The van der Waals surface area contributed by atoms with Gasteiger partial charge >= 0.3 is 0 Å². The topological polar surface area (TPSA) is 50.9 Å². The fourth-order valence-corrected chi connectivity index (χ4v) is 6.68. The van der Waals surface area contributed by atoms with E-state index in [4.69, 9.17) is 4.98 Å². The van der Waals surface area contributed by atoms with Crippen LogP contribution in [-0.4, -0.2) is 18.5 Å². The fourth-order valence-electron chi connectivity index (χ4n) is 6.68. The van der Waals surface area contributed by atoms with Crippen molar-refractivity contribution in [3.8, 4) is 28.6 Å². The number of benzene rings is 6. The normalized spacial score (nSPS) is 11.7. The summed E-state index contributed by atoms with van der Waals surface area (Å²) >= 11 is 0. The summed E-state index contributed by atoms with van der Waals surface area (Å²) in [7, 11) is 0. The van der Waals surface area contributed by atoms with E-state index in [1.165, 1.54) is 10.8 Å². The lowest BCUT2D eigenvalue weighted by Crippen LogP contribution is -2.00. The highest BCUT2D eigenvalue weighted by Gasteiger charge is 2.20. The van der Waals surface area contributed by atoms with E-state index in [9.17, 15) is 5.26 Å². The summed E-state index contributed by atoms with van der Waals surface area (Å²) in [6.45, 7) is 0. The van der Waals surface area contributed by atoms with E-state index in [-0.39, 0.29) is 0 Å². The van der Waals surface area contributed by atoms with Gasteiger partial charge in [0.05, 0.1) is 50.4 Å². The highest BCUT2D eigenvalue weighted by atomic mass is 15.2. The van der Waals surface area contributed by atoms with Gasteiger partial charge in [-0.1, -0.05) is 78.9 Å². The third-order valence-electron chi connectivity index (χ3n) is 8.50. The minimum Gasteiger partial charge on any atom is -0.309 e. The van der Waals surface area contributed by atoms with E-state index in [0.717, 1.165) is 61.4 Å². The zero-order valence-electron chi connectivity index (χ0n) is 23.0. The van der Waals surface area contributed by atoms with Crippen LogP contribution in [0.3, 0.4) is 0 Å². The van der Waals surface area contributed by atoms with E-state index in [0.29, 0.717) is 5.56 Å². The summed E-state index contributed by atoms with van der Waals surface area (Å²) in [5.41, 5.74) is 10.9. The van der Waals surface area contributed by atoms with Crippen molar-refractivity contribution < 1.29 is 0 Å². The smallest absolute Gasteiger partial charge is 0.220 e. The molecular formula is C38H23N5. The summed E-state index contributed by atoms with van der Waals surface area (Å²) in [4.78, 5) is 5.06. The molecule has 6 aromatic carbocycles. The van der Waals surface area contributed by atoms with Crippen LogP contribution in [0.4, 0.5) is 0 Å². The quantitative estimate of drug-likeness (QED) is 0.221. The molecule has 43 heavy (non-hydrogen) atoms. The second-order valence-corrected chi connectivity index (χ2v) is 10.8. The second-order valence-electron chi connectivity index (χ2n) is 10.8. The van der Waals surface area contributed by atoms with Gasteiger partial charge in [-0.15, -0.1) is 0 Å². The predicted molar refractivity (Wildman–Crippen MR) is 174 cm³/mol. The Labute approximate surface area is 246 Å². The Kier molecular flexibility index (Phi) is 4.90. The molecule has 0 fully saturated rings. The maximum Gasteiger partial charge on any atom is 0.220 e. The van der Waals surface area contributed by atoms with Crippen molar-refractivity contribution in [2.24, 2.45) is 0 Å².